The van der Waals surface area contributed by atoms with Crippen LogP contribution in [0.2, 0.25) is 5.15 Å². The van der Waals surface area contributed by atoms with Crippen LogP contribution < -0.4 is 4.90 Å². The summed E-state index contributed by atoms with van der Waals surface area (Å²) in [7, 11) is 1.76. The van der Waals surface area contributed by atoms with E-state index in [2.05, 4.69) is 14.9 Å². The van der Waals surface area contributed by atoms with Gasteiger partial charge in [0.25, 0.3) is 0 Å². The first-order valence-electron chi connectivity index (χ1n) is 6.08. The Kier molecular flexibility index (Phi) is 2.92. The van der Waals surface area contributed by atoms with E-state index in [0.29, 0.717) is 17.2 Å². The van der Waals surface area contributed by atoms with Crippen molar-refractivity contribution in [3.8, 4) is 0 Å². The monoisotopic (exact) mass is 253 g/mol. The van der Waals surface area contributed by atoms with Gasteiger partial charge in [0.1, 0.15) is 16.8 Å². The van der Waals surface area contributed by atoms with E-state index in [-0.39, 0.29) is 0 Å². The average Bonchev–Trinajstić information content (AvgIpc) is 3.06. The third kappa shape index (κ3) is 2.38. The summed E-state index contributed by atoms with van der Waals surface area (Å²) in [5.41, 5.74) is 0. The van der Waals surface area contributed by atoms with E-state index in [4.69, 9.17) is 16.3 Å². The van der Waals surface area contributed by atoms with Crippen LogP contribution in [0.4, 0.5) is 5.82 Å². The maximum Gasteiger partial charge on any atom is 0.135 e. The number of hydrogen-bond acceptors (Lipinski definition) is 4. The van der Waals surface area contributed by atoms with E-state index in [9.17, 15) is 0 Å². The van der Waals surface area contributed by atoms with Crippen LogP contribution in [0.25, 0.3) is 0 Å². The first-order valence-corrected chi connectivity index (χ1v) is 6.46. The Morgan fingerprint density at radius 2 is 2.18 bits per heavy atom. The lowest BCUT2D eigenvalue weighted by atomic mass is 10.3. The van der Waals surface area contributed by atoms with Gasteiger partial charge in [0.15, 0.2) is 0 Å². The molecule has 0 N–H and O–H groups in total. The highest BCUT2D eigenvalue weighted by Crippen LogP contribution is 2.39. The van der Waals surface area contributed by atoms with Crippen LogP contribution >= 0.6 is 11.6 Å². The van der Waals surface area contributed by atoms with Crippen molar-refractivity contribution in [1.29, 1.82) is 0 Å². The van der Waals surface area contributed by atoms with Gasteiger partial charge < -0.3 is 9.64 Å². The lowest BCUT2D eigenvalue weighted by molar-refractivity contribution is 0.121. The molecule has 5 heteroatoms. The van der Waals surface area contributed by atoms with Crippen LogP contribution in [0.1, 0.15) is 31.0 Å². The molecule has 4 nitrogen and oxygen atoms in total. The molecule has 1 aliphatic heterocycles. The molecule has 1 saturated heterocycles. The fourth-order valence-corrected chi connectivity index (χ4v) is 2.42. The van der Waals surface area contributed by atoms with Crippen molar-refractivity contribution < 1.29 is 4.74 Å². The second-order valence-electron chi connectivity index (χ2n) is 4.77. The Balaban J connectivity index is 1.82. The largest absolute Gasteiger partial charge is 0.380 e. The predicted molar refractivity (Wildman–Crippen MR) is 66.6 cm³/mol. The molecule has 0 amide bonds. The van der Waals surface area contributed by atoms with Crippen LogP contribution in [0.3, 0.4) is 0 Å². The van der Waals surface area contributed by atoms with Gasteiger partial charge in [-0.1, -0.05) is 11.6 Å². The van der Waals surface area contributed by atoms with E-state index >= 15 is 0 Å². The van der Waals surface area contributed by atoms with Gasteiger partial charge in [-0.3, -0.25) is 0 Å². The molecule has 2 heterocycles. The number of halogens is 1. The number of anilines is 1. The lowest BCUT2D eigenvalue weighted by Crippen LogP contribution is -2.23. The molecule has 1 aromatic rings. The van der Waals surface area contributed by atoms with E-state index in [1.54, 1.807) is 7.11 Å². The highest BCUT2D eigenvalue weighted by Gasteiger charge is 2.29. The van der Waals surface area contributed by atoms with Crippen LogP contribution in [0.5, 0.6) is 0 Å². The second-order valence-corrected chi connectivity index (χ2v) is 5.16. The normalized spacial score (nSPS) is 24.4. The minimum absolute atomic E-state index is 0.313. The van der Waals surface area contributed by atoms with Crippen molar-refractivity contribution >= 4 is 17.4 Å². The summed E-state index contributed by atoms with van der Waals surface area (Å²) in [6.45, 7) is 1.88. The summed E-state index contributed by atoms with van der Waals surface area (Å²) >= 11 is 6.06. The number of aromatic nitrogens is 2. The molecule has 0 unspecified atom stereocenters. The van der Waals surface area contributed by atoms with Crippen LogP contribution in [0.15, 0.2) is 6.07 Å². The van der Waals surface area contributed by atoms with Gasteiger partial charge in [0, 0.05) is 32.2 Å². The topological polar surface area (TPSA) is 38.2 Å². The molecule has 0 bridgehead atoms. The standard InChI is InChI=1S/C12H16ClN3O/c1-17-9-4-5-16(7-9)11-6-10(13)14-12(15-11)8-2-3-8/h6,8-9H,2-5,7H2,1H3/t9-/m1/s1. The molecule has 17 heavy (non-hydrogen) atoms. The van der Waals surface area contributed by atoms with Gasteiger partial charge in [0.05, 0.1) is 6.10 Å². The molecule has 0 spiro atoms. The number of methoxy groups -OCH3 is 1. The summed E-state index contributed by atoms with van der Waals surface area (Å²) in [6.07, 6.45) is 3.76. The van der Waals surface area contributed by atoms with Crippen LogP contribution in [0, 0.1) is 0 Å². The maximum absolute atomic E-state index is 6.06. The van der Waals surface area contributed by atoms with E-state index < -0.39 is 0 Å². The van der Waals surface area contributed by atoms with Gasteiger partial charge in [-0.15, -0.1) is 0 Å². The zero-order valence-electron chi connectivity index (χ0n) is 9.90. The summed E-state index contributed by atoms with van der Waals surface area (Å²) in [4.78, 5) is 11.2. The molecule has 0 radical (unpaired) electrons. The molecule has 1 aliphatic carbocycles. The van der Waals surface area contributed by atoms with Gasteiger partial charge in [-0.05, 0) is 19.3 Å². The fourth-order valence-electron chi connectivity index (χ4n) is 2.24. The summed E-state index contributed by atoms with van der Waals surface area (Å²) in [5.74, 6) is 2.40. The van der Waals surface area contributed by atoms with Gasteiger partial charge in [0.2, 0.25) is 0 Å². The zero-order chi connectivity index (χ0) is 11.8. The van der Waals surface area contributed by atoms with Crippen molar-refractivity contribution in [2.75, 3.05) is 25.1 Å². The zero-order valence-corrected chi connectivity index (χ0v) is 10.7. The number of rotatable bonds is 3. The quantitative estimate of drug-likeness (QED) is 0.775. The Morgan fingerprint density at radius 1 is 1.35 bits per heavy atom. The van der Waals surface area contributed by atoms with Crippen molar-refractivity contribution in [3.63, 3.8) is 0 Å². The van der Waals surface area contributed by atoms with Gasteiger partial charge in [-0.25, -0.2) is 9.97 Å². The molecule has 1 aromatic heterocycles. The Bertz CT molecular complexity index is 422. The molecule has 92 valence electrons. The van der Waals surface area contributed by atoms with E-state index in [1.165, 1.54) is 12.8 Å². The first-order chi connectivity index (χ1) is 8.26. The average molecular weight is 254 g/mol. The van der Waals surface area contributed by atoms with Gasteiger partial charge in [-0.2, -0.15) is 0 Å². The Morgan fingerprint density at radius 3 is 2.82 bits per heavy atom. The summed E-state index contributed by atoms with van der Waals surface area (Å²) in [5, 5.41) is 0.553. The first kappa shape index (κ1) is 11.2. The van der Waals surface area contributed by atoms with Crippen LogP contribution in [-0.4, -0.2) is 36.3 Å². The minimum atomic E-state index is 0.313. The molecule has 1 saturated carbocycles. The fraction of sp³-hybridized carbons (Fsp3) is 0.667. The minimum Gasteiger partial charge on any atom is -0.380 e. The highest BCUT2D eigenvalue weighted by atomic mass is 35.5. The summed E-state index contributed by atoms with van der Waals surface area (Å²) in [6, 6.07) is 1.85. The SMILES string of the molecule is CO[C@@H]1CCN(c2cc(Cl)nc(C3CC3)n2)C1. The maximum atomic E-state index is 6.06. The molecule has 0 aromatic carbocycles. The van der Waals surface area contributed by atoms with Crippen molar-refractivity contribution in [3.05, 3.63) is 17.0 Å². The molecule has 2 aliphatic rings. The van der Waals surface area contributed by atoms with Crippen molar-refractivity contribution in [2.45, 2.75) is 31.3 Å². The highest BCUT2D eigenvalue weighted by molar-refractivity contribution is 6.29. The smallest absolute Gasteiger partial charge is 0.135 e. The van der Waals surface area contributed by atoms with E-state index in [0.717, 1.165) is 31.2 Å². The molecular weight excluding hydrogens is 238 g/mol. The second kappa shape index (κ2) is 4.42. The Hall–Kier alpha value is -0.870. The lowest BCUT2D eigenvalue weighted by Gasteiger charge is -2.17. The number of hydrogen-bond donors (Lipinski definition) is 0. The summed E-state index contributed by atoms with van der Waals surface area (Å²) < 4.78 is 5.37. The third-order valence-corrected chi connectivity index (χ3v) is 3.64. The molecule has 1 atom stereocenters. The third-order valence-electron chi connectivity index (χ3n) is 3.44. The number of nitrogens with zero attached hydrogens (tertiary/aromatic N) is 3. The van der Waals surface area contributed by atoms with Crippen molar-refractivity contribution in [1.82, 2.24) is 9.97 Å². The van der Waals surface area contributed by atoms with Gasteiger partial charge >= 0.3 is 0 Å². The molecular formula is C12H16ClN3O. The van der Waals surface area contributed by atoms with Crippen molar-refractivity contribution in [2.24, 2.45) is 0 Å². The van der Waals surface area contributed by atoms with E-state index in [1.807, 2.05) is 6.07 Å². The molecule has 3 rings (SSSR count). The predicted octanol–water partition coefficient (Wildman–Crippen LogP) is 2.23. The van der Waals surface area contributed by atoms with Crippen LogP contribution in [-0.2, 0) is 4.74 Å². The Labute approximate surface area is 106 Å². The number of ether oxygens (including phenoxy) is 1. The molecule has 2 fully saturated rings.